The summed E-state index contributed by atoms with van der Waals surface area (Å²) in [6.07, 6.45) is 5.06. The first kappa shape index (κ1) is 38.9. The van der Waals surface area contributed by atoms with Crippen LogP contribution in [0.1, 0.15) is 116 Å². The van der Waals surface area contributed by atoms with Crippen LogP contribution in [0.15, 0.2) is 106 Å². The van der Waals surface area contributed by atoms with Crippen molar-refractivity contribution in [2.24, 2.45) is 0 Å². The van der Waals surface area contributed by atoms with Gasteiger partial charge in [0.05, 0.1) is 0 Å². The van der Waals surface area contributed by atoms with Crippen LogP contribution in [0.4, 0.5) is 0 Å². The molecule has 2 aromatic heterocycles. The molecule has 0 spiro atoms. The molecule has 0 saturated carbocycles. The first-order chi connectivity index (χ1) is 26.5. The van der Waals surface area contributed by atoms with Gasteiger partial charge in [0.2, 0.25) is 0 Å². The van der Waals surface area contributed by atoms with Crippen LogP contribution >= 0.6 is 0 Å². The molecule has 0 fully saturated rings. The van der Waals surface area contributed by atoms with E-state index in [1.54, 1.807) is 0 Å². The van der Waals surface area contributed by atoms with Gasteiger partial charge in [-0.3, -0.25) is 0 Å². The van der Waals surface area contributed by atoms with E-state index in [0.29, 0.717) is 7.25 Å². The van der Waals surface area contributed by atoms with E-state index in [9.17, 15) is 0 Å². The summed E-state index contributed by atoms with van der Waals surface area (Å²) in [5, 5.41) is 0. The number of aryl methyl sites for hydroxylation is 4. The van der Waals surface area contributed by atoms with Gasteiger partial charge in [-0.2, -0.15) is 0 Å². The van der Waals surface area contributed by atoms with E-state index in [-0.39, 0.29) is 10.8 Å². The summed E-state index contributed by atoms with van der Waals surface area (Å²) in [5.74, 6) is 3.98. The fraction of sp³-hybridized carbons (Fsp3) is 0.308. The molecule has 2 atom stereocenters. The molecule has 4 heteroatoms. The number of benzene rings is 4. The summed E-state index contributed by atoms with van der Waals surface area (Å²) in [6, 6.07) is 37.0. The standard InChI is InChI=1S/2C25H25O.C2H6Si.Zr/c2*1-16-9-11-18-13-20(23-12-10-17(2)26-23)15-22(18)24(16)19-7-6-8-21(14-19)25(3,4)5;1-3-2;/h2*6-15H,1-5H3;1-2H3;. The Morgan fingerprint density at radius 1 is 0.518 bits per heavy atom. The predicted octanol–water partition coefficient (Wildman–Crippen LogP) is 14.8. The van der Waals surface area contributed by atoms with E-state index in [2.05, 4.69) is 192 Å². The van der Waals surface area contributed by atoms with E-state index >= 15 is 0 Å². The van der Waals surface area contributed by atoms with Crippen molar-refractivity contribution in [1.82, 2.24) is 0 Å². The van der Waals surface area contributed by atoms with E-state index in [1.807, 2.05) is 0 Å². The third-order valence-electron chi connectivity index (χ3n) is 12.1. The van der Waals surface area contributed by atoms with Crippen LogP contribution in [-0.2, 0) is 31.2 Å². The Balaban J connectivity index is 1.38. The fourth-order valence-electron chi connectivity index (χ4n) is 9.19. The number of furan rings is 2. The summed E-state index contributed by atoms with van der Waals surface area (Å²) in [7, 11) is 0. The molecule has 56 heavy (non-hydrogen) atoms. The van der Waals surface area contributed by atoms with Gasteiger partial charge in [-0.05, 0) is 0 Å². The van der Waals surface area contributed by atoms with Crippen LogP contribution < -0.4 is 0 Å². The van der Waals surface area contributed by atoms with Crippen molar-refractivity contribution in [2.45, 2.75) is 100 Å². The summed E-state index contributed by atoms with van der Waals surface area (Å²) in [4.78, 5) is 0. The van der Waals surface area contributed by atoms with Crippen molar-refractivity contribution in [3.8, 4) is 22.3 Å². The second-order valence-electron chi connectivity index (χ2n) is 18.5. The van der Waals surface area contributed by atoms with Gasteiger partial charge in [0.25, 0.3) is 0 Å². The maximum atomic E-state index is 6.62. The Morgan fingerprint density at radius 3 is 1.27 bits per heavy atom. The molecular formula is C52H56O2SiZr. The van der Waals surface area contributed by atoms with Crippen LogP contribution in [0.3, 0.4) is 0 Å². The van der Waals surface area contributed by atoms with Crippen molar-refractivity contribution < 1.29 is 29.2 Å². The monoisotopic (exact) mass is 830 g/mol. The molecular weight excluding hydrogens is 776 g/mol. The Kier molecular flexibility index (Phi) is 10.0. The third-order valence-corrected chi connectivity index (χ3v) is 31.3. The van der Waals surface area contributed by atoms with Crippen molar-refractivity contribution in [2.75, 3.05) is 0 Å². The van der Waals surface area contributed by atoms with Gasteiger partial charge < -0.3 is 0 Å². The minimum atomic E-state index is -2.69. The second-order valence-corrected chi connectivity index (χ2v) is 36.4. The van der Waals surface area contributed by atoms with Crippen LogP contribution in [0.5, 0.6) is 0 Å². The minimum absolute atomic E-state index is 0.0633. The zero-order valence-electron chi connectivity index (χ0n) is 35.4. The summed E-state index contributed by atoms with van der Waals surface area (Å²) in [5.41, 5.74) is 18.5. The molecule has 2 aliphatic carbocycles. The number of hydrogen-bond acceptors (Lipinski definition) is 2. The Labute approximate surface area is 343 Å². The van der Waals surface area contributed by atoms with Crippen molar-refractivity contribution >= 4 is 28.7 Å². The topological polar surface area (TPSA) is 26.3 Å². The summed E-state index contributed by atoms with van der Waals surface area (Å²) in [6.45, 7) is 27.8. The molecule has 6 aromatic rings. The quantitative estimate of drug-likeness (QED) is 0.156. The van der Waals surface area contributed by atoms with E-state index in [4.69, 9.17) is 8.83 Å². The second kappa shape index (κ2) is 14.4. The van der Waals surface area contributed by atoms with E-state index < -0.39 is 25.8 Å². The van der Waals surface area contributed by atoms with Crippen LogP contribution in [0.25, 0.3) is 45.6 Å². The molecule has 8 rings (SSSR count). The van der Waals surface area contributed by atoms with Gasteiger partial charge in [0.15, 0.2) is 0 Å². The Hall–Kier alpha value is -3.98. The van der Waals surface area contributed by atoms with E-state index in [0.717, 1.165) is 23.0 Å². The van der Waals surface area contributed by atoms with Gasteiger partial charge in [-0.1, -0.05) is 0 Å². The molecule has 4 aromatic carbocycles. The molecule has 0 saturated heterocycles. The number of hydrogen-bond donors (Lipinski definition) is 0. The van der Waals surface area contributed by atoms with E-state index in [1.165, 1.54) is 77.9 Å². The summed E-state index contributed by atoms with van der Waals surface area (Å²) >= 11 is -2.69. The predicted molar refractivity (Wildman–Crippen MR) is 236 cm³/mol. The molecule has 0 N–H and O–H groups in total. The van der Waals surface area contributed by atoms with Crippen molar-refractivity contribution in [3.63, 3.8) is 0 Å². The average molecular weight is 832 g/mol. The molecule has 284 valence electrons. The van der Waals surface area contributed by atoms with Gasteiger partial charge >= 0.3 is 345 Å². The third kappa shape index (κ3) is 6.90. The van der Waals surface area contributed by atoms with Gasteiger partial charge in [0.1, 0.15) is 0 Å². The van der Waals surface area contributed by atoms with Gasteiger partial charge in [0, 0.05) is 0 Å². The maximum absolute atomic E-state index is 6.62. The van der Waals surface area contributed by atoms with Crippen LogP contribution in [0.2, 0.25) is 13.1 Å². The van der Waals surface area contributed by atoms with Gasteiger partial charge in [-0.25, -0.2) is 0 Å². The number of rotatable bonds is 6. The Morgan fingerprint density at radius 2 is 0.929 bits per heavy atom. The normalized spacial score (nSPS) is 16.4. The molecule has 0 radical (unpaired) electrons. The molecule has 2 aliphatic rings. The first-order valence-electron chi connectivity index (χ1n) is 20.2. The number of allylic oxidation sites excluding steroid dienone is 2. The van der Waals surface area contributed by atoms with Gasteiger partial charge in [-0.15, -0.1) is 0 Å². The number of fused-ring (bicyclic) bond motifs is 2. The molecule has 0 bridgehead atoms. The SMILES string of the molecule is Cc1ccc(C2=Cc3c(ccc(C)c3-c3cccc(C(C)(C)C)c3)[CH]2[Zr]([CH]2C(c3ccc(C)o3)=Cc3c2ccc(C)c3-c2cccc(C(C)(C)C)c2)=[Si](C)C)o1. The fourth-order valence-corrected chi connectivity index (χ4v) is 29.0. The molecule has 2 heterocycles. The Bertz CT molecular complexity index is 2450. The van der Waals surface area contributed by atoms with Crippen molar-refractivity contribution in [1.29, 1.82) is 0 Å². The first-order valence-corrected chi connectivity index (χ1v) is 29.3. The van der Waals surface area contributed by atoms with Crippen LogP contribution in [0, 0.1) is 27.7 Å². The average Bonchev–Trinajstić information content (AvgIpc) is 3.93. The molecule has 0 aliphatic heterocycles. The zero-order valence-corrected chi connectivity index (χ0v) is 38.8. The van der Waals surface area contributed by atoms with Crippen LogP contribution in [-0.4, -0.2) is 5.43 Å². The van der Waals surface area contributed by atoms with Crippen molar-refractivity contribution in [3.05, 3.63) is 165 Å². The zero-order chi connectivity index (χ0) is 39.8. The molecule has 0 amide bonds. The molecule has 2 unspecified atom stereocenters. The molecule has 2 nitrogen and oxygen atoms in total. The summed E-state index contributed by atoms with van der Waals surface area (Å²) < 4.78 is 13.9.